The van der Waals surface area contributed by atoms with Crippen molar-refractivity contribution in [3.8, 4) is 0 Å². The van der Waals surface area contributed by atoms with E-state index in [1.165, 1.54) is 6.21 Å². The Balaban J connectivity index is 3.21. The summed E-state index contributed by atoms with van der Waals surface area (Å²) in [6.07, 6.45) is 2.12. The van der Waals surface area contributed by atoms with Crippen LogP contribution in [0.3, 0.4) is 0 Å². The molecule has 0 fully saturated rings. The molecule has 2 nitrogen and oxygen atoms in total. The third-order valence-electron chi connectivity index (χ3n) is 0.987. The predicted molar refractivity (Wildman–Crippen MR) is 34.1 cm³/mol. The van der Waals surface area contributed by atoms with Crippen LogP contribution in [0.1, 0.15) is 6.42 Å². The molecule has 47 valence electrons. The summed E-state index contributed by atoms with van der Waals surface area (Å²) in [6.45, 7) is 4.26. The van der Waals surface area contributed by atoms with Crippen molar-refractivity contribution in [1.82, 2.24) is 0 Å². The van der Waals surface area contributed by atoms with Crippen LogP contribution in [0.25, 0.3) is 0 Å². The molecule has 1 unspecified atom stereocenters. The average molecular weight is 114 g/mol. The summed E-state index contributed by atoms with van der Waals surface area (Å²) in [7, 11) is 1.63. The average Bonchev–Trinajstić information content (AvgIpc) is 1.83. The van der Waals surface area contributed by atoms with Crippen molar-refractivity contribution in [2.45, 2.75) is 6.42 Å². The molecule has 0 rings (SSSR count). The number of rotatable bonds is 4. The molecule has 0 aromatic heterocycles. The molecule has 1 N–H and O–H groups in total. The molecule has 0 aromatic carbocycles. The Labute approximate surface area is 50.4 Å². The molecule has 0 saturated heterocycles. The first-order chi connectivity index (χ1) is 3.85. The van der Waals surface area contributed by atoms with Crippen LogP contribution in [0.2, 0.25) is 0 Å². The van der Waals surface area contributed by atoms with Crippen LogP contribution in [0.15, 0.2) is 0 Å². The monoisotopic (exact) mass is 114 g/mol. The molecule has 1 radical (unpaired) electrons. The molecule has 2 heteroatoms. The van der Waals surface area contributed by atoms with Crippen LogP contribution >= 0.6 is 0 Å². The maximum atomic E-state index is 6.82. The van der Waals surface area contributed by atoms with E-state index in [2.05, 4.69) is 6.92 Å². The van der Waals surface area contributed by atoms with Gasteiger partial charge in [0.25, 0.3) is 0 Å². The van der Waals surface area contributed by atoms with Gasteiger partial charge in [-0.1, -0.05) is 6.92 Å². The van der Waals surface area contributed by atoms with Crippen molar-refractivity contribution in [3.05, 3.63) is 6.92 Å². The molecule has 0 aromatic rings. The van der Waals surface area contributed by atoms with E-state index in [-0.39, 0.29) is 5.92 Å². The van der Waals surface area contributed by atoms with Crippen molar-refractivity contribution in [2.75, 3.05) is 13.7 Å². The van der Waals surface area contributed by atoms with Crippen molar-refractivity contribution in [3.63, 3.8) is 0 Å². The largest absolute Gasteiger partial charge is 0.384 e. The lowest BCUT2D eigenvalue weighted by Gasteiger charge is -2.04. The van der Waals surface area contributed by atoms with Gasteiger partial charge in [0.1, 0.15) is 0 Å². The highest BCUT2D eigenvalue weighted by Crippen LogP contribution is 1.96. The Morgan fingerprint density at radius 2 is 2.50 bits per heavy atom. The van der Waals surface area contributed by atoms with Gasteiger partial charge >= 0.3 is 0 Å². The number of hydrogen-bond acceptors (Lipinski definition) is 2. The summed E-state index contributed by atoms with van der Waals surface area (Å²) >= 11 is 0. The Kier molecular flexibility index (Phi) is 4.56. The van der Waals surface area contributed by atoms with Crippen LogP contribution in [0, 0.1) is 18.3 Å². The summed E-state index contributed by atoms with van der Waals surface area (Å²) in [5, 5.41) is 6.82. The minimum absolute atomic E-state index is 0.208. The quantitative estimate of drug-likeness (QED) is 0.546. The van der Waals surface area contributed by atoms with Crippen LogP contribution in [-0.4, -0.2) is 19.9 Å². The maximum absolute atomic E-state index is 6.82. The summed E-state index contributed by atoms with van der Waals surface area (Å²) in [5.74, 6) is 0.208. The van der Waals surface area contributed by atoms with E-state index in [1.54, 1.807) is 7.11 Å². The van der Waals surface area contributed by atoms with E-state index in [4.69, 9.17) is 10.1 Å². The van der Waals surface area contributed by atoms with Gasteiger partial charge in [0.15, 0.2) is 0 Å². The van der Waals surface area contributed by atoms with Gasteiger partial charge in [0.2, 0.25) is 0 Å². The fourth-order valence-corrected chi connectivity index (χ4v) is 0.429. The van der Waals surface area contributed by atoms with Gasteiger partial charge in [-0.05, 0) is 6.42 Å². The van der Waals surface area contributed by atoms with Crippen LogP contribution in [-0.2, 0) is 4.74 Å². The summed E-state index contributed by atoms with van der Waals surface area (Å²) in [6, 6.07) is 0. The molecular weight excluding hydrogens is 102 g/mol. The van der Waals surface area contributed by atoms with E-state index in [1.807, 2.05) is 0 Å². The lowest BCUT2D eigenvalue weighted by Crippen LogP contribution is -2.06. The lowest BCUT2D eigenvalue weighted by molar-refractivity contribution is 0.178. The molecular formula is C6H12NO. The molecule has 0 aliphatic rings. The molecule has 0 saturated carbocycles. The van der Waals surface area contributed by atoms with Gasteiger partial charge in [0.05, 0.1) is 6.61 Å². The minimum atomic E-state index is 0.208. The Bertz CT molecular complexity index is 63.5. The van der Waals surface area contributed by atoms with Gasteiger partial charge in [-0.15, -0.1) is 0 Å². The summed E-state index contributed by atoms with van der Waals surface area (Å²) < 4.78 is 4.79. The van der Waals surface area contributed by atoms with Crippen LogP contribution in [0.4, 0.5) is 0 Å². The van der Waals surface area contributed by atoms with Gasteiger partial charge in [0, 0.05) is 19.2 Å². The molecule has 0 aliphatic carbocycles. The second-order valence-corrected chi connectivity index (χ2v) is 1.67. The molecule has 0 aliphatic heterocycles. The number of hydrogen-bond donors (Lipinski definition) is 1. The second-order valence-electron chi connectivity index (χ2n) is 1.67. The highest BCUT2D eigenvalue weighted by Gasteiger charge is 1.98. The highest BCUT2D eigenvalue weighted by atomic mass is 16.5. The number of nitrogens with one attached hydrogen (secondary N) is 1. The second kappa shape index (κ2) is 4.78. The van der Waals surface area contributed by atoms with Crippen molar-refractivity contribution >= 4 is 6.21 Å². The Morgan fingerprint density at radius 1 is 1.88 bits per heavy atom. The Morgan fingerprint density at radius 3 is 2.62 bits per heavy atom. The molecule has 0 amide bonds. The molecule has 8 heavy (non-hydrogen) atoms. The van der Waals surface area contributed by atoms with Gasteiger partial charge in [-0.2, -0.15) is 0 Å². The van der Waals surface area contributed by atoms with E-state index in [0.717, 1.165) is 6.42 Å². The van der Waals surface area contributed by atoms with Gasteiger partial charge < -0.3 is 10.1 Å². The first kappa shape index (κ1) is 7.63. The summed E-state index contributed by atoms with van der Waals surface area (Å²) in [5.41, 5.74) is 0. The zero-order chi connectivity index (χ0) is 6.41. The minimum Gasteiger partial charge on any atom is -0.384 e. The number of ether oxygens (including phenoxy) is 1. The van der Waals surface area contributed by atoms with Crippen molar-refractivity contribution in [2.24, 2.45) is 5.92 Å². The van der Waals surface area contributed by atoms with Gasteiger partial charge in [-0.3, -0.25) is 0 Å². The third kappa shape index (κ3) is 2.75. The first-order valence-electron chi connectivity index (χ1n) is 2.64. The van der Waals surface area contributed by atoms with E-state index < -0.39 is 0 Å². The fourth-order valence-electron chi connectivity index (χ4n) is 0.429. The molecule has 0 bridgehead atoms. The first-order valence-corrected chi connectivity index (χ1v) is 2.64. The fraction of sp³-hybridized carbons (Fsp3) is 0.667. The SMILES string of the molecule is [CH2]CC(C=N)COC. The topological polar surface area (TPSA) is 33.1 Å². The molecule has 0 heterocycles. The maximum Gasteiger partial charge on any atom is 0.0539 e. The third-order valence-corrected chi connectivity index (χ3v) is 0.987. The standard InChI is InChI=1S/C6H12NO/c1-3-6(4-7)5-8-2/h4,6-7H,1,3,5H2,2H3. The smallest absolute Gasteiger partial charge is 0.0539 e. The van der Waals surface area contributed by atoms with Crippen molar-refractivity contribution in [1.29, 1.82) is 5.41 Å². The highest BCUT2D eigenvalue weighted by molar-refractivity contribution is 5.56. The van der Waals surface area contributed by atoms with E-state index >= 15 is 0 Å². The van der Waals surface area contributed by atoms with E-state index in [9.17, 15) is 0 Å². The zero-order valence-corrected chi connectivity index (χ0v) is 5.18. The molecule has 1 atom stereocenters. The predicted octanol–water partition coefficient (Wildman–Crippen LogP) is 1.12. The van der Waals surface area contributed by atoms with Crippen molar-refractivity contribution < 1.29 is 4.74 Å². The Hall–Kier alpha value is -0.370. The molecule has 0 spiro atoms. The zero-order valence-electron chi connectivity index (χ0n) is 5.18. The van der Waals surface area contributed by atoms with Crippen LogP contribution < -0.4 is 0 Å². The number of methoxy groups -OCH3 is 1. The normalized spacial score (nSPS) is 13.2. The van der Waals surface area contributed by atoms with E-state index in [0.29, 0.717) is 6.61 Å². The lowest BCUT2D eigenvalue weighted by atomic mass is 10.1. The summed E-state index contributed by atoms with van der Waals surface area (Å²) in [4.78, 5) is 0. The van der Waals surface area contributed by atoms with Gasteiger partial charge in [-0.25, -0.2) is 0 Å². The van der Waals surface area contributed by atoms with Crippen LogP contribution in [0.5, 0.6) is 0 Å².